The zero-order valence-electron chi connectivity index (χ0n) is 10.1. The highest BCUT2D eigenvalue weighted by Crippen LogP contribution is 2.11. The third kappa shape index (κ3) is 10.3. The smallest absolute Gasteiger partial charge is 0.0540 e. The summed E-state index contributed by atoms with van der Waals surface area (Å²) in [4.78, 5) is 0. The molecule has 0 aromatic heterocycles. The molecule has 14 heavy (non-hydrogen) atoms. The fourth-order valence-electron chi connectivity index (χ4n) is 1.76. The Morgan fingerprint density at radius 2 is 1.50 bits per heavy atom. The average Bonchev–Trinajstić information content (AvgIpc) is 2.19. The summed E-state index contributed by atoms with van der Waals surface area (Å²) < 4.78 is 0. The molecule has 2 heteroatoms. The fourth-order valence-corrected chi connectivity index (χ4v) is 2.26. The molecule has 0 aromatic carbocycles. The minimum Gasteiger partial charge on any atom is -0.393 e. The highest BCUT2D eigenvalue weighted by Gasteiger charge is 2.02. The predicted molar refractivity (Wildman–Crippen MR) is 68.0 cm³/mol. The Morgan fingerprint density at radius 1 is 0.929 bits per heavy atom. The van der Waals surface area contributed by atoms with Crippen LogP contribution in [0.15, 0.2) is 0 Å². The lowest BCUT2D eigenvalue weighted by Gasteiger charge is -2.09. The van der Waals surface area contributed by atoms with Gasteiger partial charge in [-0.3, -0.25) is 0 Å². The molecule has 0 heterocycles. The van der Waals surface area contributed by atoms with Crippen LogP contribution in [0.5, 0.6) is 0 Å². The van der Waals surface area contributed by atoms with E-state index in [1.54, 1.807) is 0 Å². The van der Waals surface area contributed by atoms with Crippen molar-refractivity contribution in [2.45, 2.75) is 76.9 Å². The van der Waals surface area contributed by atoms with Gasteiger partial charge in [0.05, 0.1) is 6.10 Å². The minimum absolute atomic E-state index is 0.0130. The topological polar surface area (TPSA) is 20.2 Å². The van der Waals surface area contributed by atoms with Crippen LogP contribution >= 0.6 is 0 Å². The second-order valence-corrected chi connectivity index (χ2v) is 5.35. The fraction of sp³-hybridized carbons (Fsp3) is 1.00. The standard InChI is InChI=1S/C12H28OSi/c1-2-3-4-6-9-12(13)10-7-5-8-11-14/h12-13H,2-11H2,1,14H3. The van der Waals surface area contributed by atoms with Crippen LogP contribution in [0, 0.1) is 0 Å². The van der Waals surface area contributed by atoms with E-state index in [-0.39, 0.29) is 6.10 Å². The number of aliphatic hydroxyl groups is 1. The Kier molecular flexibility index (Phi) is 11.4. The van der Waals surface area contributed by atoms with Gasteiger partial charge < -0.3 is 5.11 Å². The first-order valence-electron chi connectivity index (χ1n) is 6.49. The number of hydrogen-bond donors (Lipinski definition) is 1. The maximum absolute atomic E-state index is 9.66. The van der Waals surface area contributed by atoms with Gasteiger partial charge >= 0.3 is 0 Å². The highest BCUT2D eigenvalue weighted by atomic mass is 28.1. The van der Waals surface area contributed by atoms with E-state index >= 15 is 0 Å². The van der Waals surface area contributed by atoms with Crippen LogP contribution < -0.4 is 0 Å². The van der Waals surface area contributed by atoms with Crippen molar-refractivity contribution >= 4 is 10.2 Å². The zero-order chi connectivity index (χ0) is 10.6. The number of hydrogen-bond acceptors (Lipinski definition) is 1. The second-order valence-electron chi connectivity index (χ2n) is 4.35. The lowest BCUT2D eigenvalue weighted by molar-refractivity contribution is 0.147. The van der Waals surface area contributed by atoms with E-state index < -0.39 is 0 Å². The monoisotopic (exact) mass is 216 g/mol. The van der Waals surface area contributed by atoms with E-state index in [0.717, 1.165) is 12.8 Å². The van der Waals surface area contributed by atoms with Gasteiger partial charge in [0.15, 0.2) is 0 Å². The van der Waals surface area contributed by atoms with Gasteiger partial charge in [0.1, 0.15) is 0 Å². The summed E-state index contributed by atoms with van der Waals surface area (Å²) in [6.45, 7) is 2.23. The lowest BCUT2D eigenvalue weighted by atomic mass is 10.0. The Hall–Kier alpha value is 0.177. The zero-order valence-corrected chi connectivity index (χ0v) is 12.1. The summed E-state index contributed by atoms with van der Waals surface area (Å²) in [7, 11) is 1.34. The summed E-state index contributed by atoms with van der Waals surface area (Å²) in [5, 5.41) is 9.66. The molecule has 86 valence electrons. The van der Waals surface area contributed by atoms with Crippen molar-refractivity contribution in [1.29, 1.82) is 0 Å². The Morgan fingerprint density at radius 3 is 2.00 bits per heavy atom. The van der Waals surface area contributed by atoms with Crippen LogP contribution in [0.3, 0.4) is 0 Å². The molecular weight excluding hydrogens is 188 g/mol. The van der Waals surface area contributed by atoms with Crippen LogP contribution in [-0.2, 0) is 0 Å². The van der Waals surface area contributed by atoms with Crippen molar-refractivity contribution < 1.29 is 5.11 Å². The van der Waals surface area contributed by atoms with E-state index in [4.69, 9.17) is 0 Å². The molecular formula is C12H28OSi. The Labute approximate surface area is 92.7 Å². The van der Waals surface area contributed by atoms with E-state index in [1.165, 1.54) is 61.2 Å². The van der Waals surface area contributed by atoms with Gasteiger partial charge in [-0.05, 0) is 12.8 Å². The highest BCUT2D eigenvalue weighted by molar-refractivity contribution is 6.08. The number of rotatable bonds is 10. The van der Waals surface area contributed by atoms with E-state index in [1.807, 2.05) is 0 Å². The normalized spacial score (nSPS) is 13.3. The first kappa shape index (κ1) is 14.2. The summed E-state index contributed by atoms with van der Waals surface area (Å²) in [6.07, 6.45) is 11.1. The third-order valence-electron chi connectivity index (χ3n) is 2.78. The quantitative estimate of drug-likeness (QED) is 0.440. The summed E-state index contributed by atoms with van der Waals surface area (Å²) >= 11 is 0. The second kappa shape index (κ2) is 11.3. The molecule has 1 atom stereocenters. The van der Waals surface area contributed by atoms with Crippen molar-refractivity contribution in [2.75, 3.05) is 0 Å². The van der Waals surface area contributed by atoms with E-state index in [9.17, 15) is 5.11 Å². The lowest BCUT2D eigenvalue weighted by Crippen LogP contribution is -2.05. The molecule has 0 radical (unpaired) electrons. The van der Waals surface area contributed by atoms with Crippen molar-refractivity contribution in [3.05, 3.63) is 0 Å². The molecule has 0 bridgehead atoms. The van der Waals surface area contributed by atoms with Gasteiger partial charge in [-0.25, -0.2) is 0 Å². The molecule has 0 fully saturated rings. The molecule has 0 saturated heterocycles. The Bertz CT molecular complexity index is 94.5. The van der Waals surface area contributed by atoms with Gasteiger partial charge in [-0.1, -0.05) is 57.9 Å². The van der Waals surface area contributed by atoms with E-state index in [0.29, 0.717) is 0 Å². The van der Waals surface area contributed by atoms with Crippen molar-refractivity contribution in [3.8, 4) is 0 Å². The SMILES string of the molecule is CCCCCCC(O)CCCCC[SiH3]. The van der Waals surface area contributed by atoms with Crippen LogP contribution in [0.2, 0.25) is 6.04 Å². The van der Waals surface area contributed by atoms with Crippen LogP contribution in [-0.4, -0.2) is 21.5 Å². The van der Waals surface area contributed by atoms with Gasteiger partial charge in [0.2, 0.25) is 0 Å². The average molecular weight is 216 g/mol. The molecule has 0 rings (SSSR count). The molecule has 0 aromatic rings. The molecule has 0 spiro atoms. The van der Waals surface area contributed by atoms with Gasteiger partial charge in [-0.15, -0.1) is 0 Å². The summed E-state index contributed by atoms with van der Waals surface area (Å²) in [6, 6.07) is 1.42. The number of aliphatic hydroxyl groups excluding tert-OH is 1. The predicted octanol–water partition coefficient (Wildman–Crippen LogP) is 2.66. The first-order valence-corrected chi connectivity index (χ1v) is 7.90. The van der Waals surface area contributed by atoms with Crippen LogP contribution in [0.25, 0.3) is 0 Å². The van der Waals surface area contributed by atoms with Crippen molar-refractivity contribution in [2.24, 2.45) is 0 Å². The Balaban J connectivity index is 3.07. The van der Waals surface area contributed by atoms with Crippen molar-refractivity contribution in [1.82, 2.24) is 0 Å². The molecule has 0 amide bonds. The molecule has 1 nitrogen and oxygen atoms in total. The number of unbranched alkanes of at least 4 members (excludes halogenated alkanes) is 5. The minimum atomic E-state index is -0.0130. The molecule has 1 unspecified atom stereocenters. The van der Waals surface area contributed by atoms with E-state index in [2.05, 4.69) is 6.92 Å². The summed E-state index contributed by atoms with van der Waals surface area (Å²) in [5.41, 5.74) is 0. The molecule has 0 aliphatic carbocycles. The summed E-state index contributed by atoms with van der Waals surface area (Å²) in [5.74, 6) is 0. The van der Waals surface area contributed by atoms with Crippen LogP contribution in [0.4, 0.5) is 0 Å². The van der Waals surface area contributed by atoms with Gasteiger partial charge in [0, 0.05) is 10.2 Å². The maximum atomic E-state index is 9.66. The molecule has 0 saturated carbocycles. The maximum Gasteiger partial charge on any atom is 0.0540 e. The van der Waals surface area contributed by atoms with Crippen LogP contribution in [0.1, 0.15) is 64.7 Å². The van der Waals surface area contributed by atoms with Gasteiger partial charge in [-0.2, -0.15) is 0 Å². The molecule has 0 aliphatic rings. The largest absolute Gasteiger partial charge is 0.393 e. The first-order chi connectivity index (χ1) is 6.81. The van der Waals surface area contributed by atoms with Gasteiger partial charge in [0.25, 0.3) is 0 Å². The van der Waals surface area contributed by atoms with Crippen molar-refractivity contribution in [3.63, 3.8) is 0 Å². The molecule has 0 aliphatic heterocycles. The third-order valence-corrected chi connectivity index (χ3v) is 3.49. The molecule has 1 N–H and O–H groups in total.